The monoisotopic (exact) mass is 300 g/mol. The number of ether oxygens (including phenoxy) is 1. The third-order valence-electron chi connectivity index (χ3n) is 2.97. The number of anilines is 1. The van der Waals surface area contributed by atoms with Crippen LogP contribution in [0.4, 0.5) is 5.95 Å². The topological polar surface area (TPSA) is 76.1 Å². The number of rotatable bonds is 7. The van der Waals surface area contributed by atoms with Crippen molar-refractivity contribution in [2.75, 3.05) is 25.6 Å². The molecule has 0 radical (unpaired) electrons. The van der Waals surface area contributed by atoms with Crippen molar-refractivity contribution in [3.8, 4) is 0 Å². The molecular formula is C16H20N4O2. The maximum Gasteiger partial charge on any atom is 0.270 e. The van der Waals surface area contributed by atoms with Crippen molar-refractivity contribution < 1.29 is 9.53 Å². The van der Waals surface area contributed by atoms with E-state index >= 15 is 0 Å². The molecule has 0 aliphatic heterocycles. The van der Waals surface area contributed by atoms with Gasteiger partial charge in [0.15, 0.2) is 0 Å². The van der Waals surface area contributed by atoms with Gasteiger partial charge in [-0.25, -0.2) is 9.97 Å². The van der Waals surface area contributed by atoms with Gasteiger partial charge in [-0.05, 0) is 18.6 Å². The van der Waals surface area contributed by atoms with E-state index in [9.17, 15) is 4.79 Å². The second-order valence-corrected chi connectivity index (χ2v) is 4.81. The number of nitrogens with one attached hydrogen (secondary N) is 2. The maximum atomic E-state index is 12.0. The molecule has 0 aliphatic carbocycles. The second kappa shape index (κ2) is 8.09. The molecule has 1 heterocycles. The Morgan fingerprint density at radius 2 is 2.00 bits per heavy atom. The number of methoxy groups -OCH3 is 1. The van der Waals surface area contributed by atoms with Crippen LogP contribution in [0.15, 0.2) is 36.4 Å². The van der Waals surface area contributed by atoms with Gasteiger partial charge in [-0.3, -0.25) is 4.79 Å². The number of carbonyl (C=O) groups excluding carboxylic acids is 1. The van der Waals surface area contributed by atoms with Crippen LogP contribution >= 0.6 is 0 Å². The van der Waals surface area contributed by atoms with Crippen molar-refractivity contribution in [2.45, 2.75) is 13.5 Å². The number of aromatic nitrogens is 2. The predicted molar refractivity (Wildman–Crippen MR) is 84.7 cm³/mol. The van der Waals surface area contributed by atoms with E-state index < -0.39 is 0 Å². The van der Waals surface area contributed by atoms with Gasteiger partial charge in [-0.15, -0.1) is 0 Å². The summed E-state index contributed by atoms with van der Waals surface area (Å²) in [4.78, 5) is 20.6. The zero-order valence-corrected chi connectivity index (χ0v) is 12.8. The number of hydrogen-bond acceptors (Lipinski definition) is 5. The van der Waals surface area contributed by atoms with E-state index in [2.05, 4.69) is 20.6 Å². The number of carbonyl (C=O) groups is 1. The molecule has 116 valence electrons. The van der Waals surface area contributed by atoms with Gasteiger partial charge in [0.1, 0.15) is 5.69 Å². The highest BCUT2D eigenvalue weighted by molar-refractivity contribution is 5.92. The van der Waals surface area contributed by atoms with Gasteiger partial charge < -0.3 is 15.4 Å². The average Bonchev–Trinajstić information content (AvgIpc) is 2.53. The van der Waals surface area contributed by atoms with E-state index in [1.165, 1.54) is 0 Å². The zero-order chi connectivity index (χ0) is 15.8. The lowest BCUT2D eigenvalue weighted by Gasteiger charge is -2.09. The largest absolute Gasteiger partial charge is 0.383 e. The van der Waals surface area contributed by atoms with E-state index in [1.807, 2.05) is 37.3 Å². The molecule has 0 bridgehead atoms. The summed E-state index contributed by atoms with van der Waals surface area (Å²) in [6.07, 6.45) is 0. The SMILES string of the molecule is COCCNC(=O)c1cc(C)nc(NCc2ccccc2)n1. The Morgan fingerprint density at radius 3 is 2.73 bits per heavy atom. The summed E-state index contributed by atoms with van der Waals surface area (Å²) in [5.74, 6) is 0.214. The Bertz CT molecular complexity index is 617. The molecule has 0 aliphatic rings. The van der Waals surface area contributed by atoms with Gasteiger partial charge >= 0.3 is 0 Å². The van der Waals surface area contributed by atoms with Gasteiger partial charge in [-0.1, -0.05) is 30.3 Å². The van der Waals surface area contributed by atoms with E-state index in [4.69, 9.17) is 4.74 Å². The molecule has 2 aromatic rings. The number of nitrogens with zero attached hydrogens (tertiary/aromatic N) is 2. The van der Waals surface area contributed by atoms with Crippen LogP contribution in [0.2, 0.25) is 0 Å². The third kappa shape index (κ3) is 4.82. The summed E-state index contributed by atoms with van der Waals surface area (Å²) in [5.41, 5.74) is 2.21. The van der Waals surface area contributed by atoms with E-state index in [-0.39, 0.29) is 5.91 Å². The van der Waals surface area contributed by atoms with Crippen LogP contribution in [-0.2, 0) is 11.3 Å². The molecule has 0 saturated heterocycles. The first kappa shape index (κ1) is 15.9. The lowest BCUT2D eigenvalue weighted by atomic mass is 10.2. The quantitative estimate of drug-likeness (QED) is 0.762. The Hall–Kier alpha value is -2.47. The summed E-state index contributed by atoms with van der Waals surface area (Å²) in [6.45, 7) is 3.36. The fourth-order valence-electron chi connectivity index (χ4n) is 1.90. The molecular weight excluding hydrogens is 280 g/mol. The van der Waals surface area contributed by atoms with Crippen LogP contribution < -0.4 is 10.6 Å². The second-order valence-electron chi connectivity index (χ2n) is 4.81. The van der Waals surface area contributed by atoms with Crippen LogP contribution in [0.25, 0.3) is 0 Å². The fourth-order valence-corrected chi connectivity index (χ4v) is 1.90. The molecule has 22 heavy (non-hydrogen) atoms. The van der Waals surface area contributed by atoms with Gasteiger partial charge in [0.05, 0.1) is 6.61 Å². The van der Waals surface area contributed by atoms with Crippen LogP contribution in [0, 0.1) is 6.92 Å². The van der Waals surface area contributed by atoms with Crippen LogP contribution in [-0.4, -0.2) is 36.1 Å². The Morgan fingerprint density at radius 1 is 1.23 bits per heavy atom. The number of amides is 1. The lowest BCUT2D eigenvalue weighted by molar-refractivity contribution is 0.0932. The standard InChI is InChI=1S/C16H20N4O2/c1-12-10-14(15(21)17-8-9-22-2)20-16(19-12)18-11-13-6-4-3-5-7-13/h3-7,10H,8-9,11H2,1-2H3,(H,17,21)(H,18,19,20). The molecule has 0 fully saturated rings. The van der Waals surface area contributed by atoms with E-state index in [0.29, 0.717) is 31.3 Å². The summed E-state index contributed by atoms with van der Waals surface area (Å²) < 4.78 is 4.90. The smallest absolute Gasteiger partial charge is 0.270 e. The summed E-state index contributed by atoms with van der Waals surface area (Å²) in [5, 5.41) is 5.88. The average molecular weight is 300 g/mol. The van der Waals surface area contributed by atoms with E-state index in [0.717, 1.165) is 11.3 Å². The molecule has 0 spiro atoms. The molecule has 2 N–H and O–H groups in total. The highest BCUT2D eigenvalue weighted by Crippen LogP contribution is 2.07. The van der Waals surface area contributed by atoms with Crippen molar-refractivity contribution >= 4 is 11.9 Å². The van der Waals surface area contributed by atoms with Crippen LogP contribution in [0.1, 0.15) is 21.7 Å². The van der Waals surface area contributed by atoms with Crippen LogP contribution in [0.3, 0.4) is 0 Å². The molecule has 0 unspecified atom stereocenters. The van der Waals surface area contributed by atoms with E-state index in [1.54, 1.807) is 13.2 Å². The molecule has 6 heteroatoms. The molecule has 1 aromatic carbocycles. The first-order valence-corrected chi connectivity index (χ1v) is 7.09. The van der Waals surface area contributed by atoms with Crippen molar-refractivity contribution in [1.29, 1.82) is 0 Å². The van der Waals surface area contributed by atoms with Crippen molar-refractivity contribution in [3.63, 3.8) is 0 Å². The lowest BCUT2D eigenvalue weighted by Crippen LogP contribution is -2.28. The van der Waals surface area contributed by atoms with Crippen molar-refractivity contribution in [3.05, 3.63) is 53.3 Å². The number of aryl methyl sites for hydroxylation is 1. The first-order valence-electron chi connectivity index (χ1n) is 7.09. The number of hydrogen-bond donors (Lipinski definition) is 2. The summed E-state index contributed by atoms with van der Waals surface area (Å²) in [7, 11) is 1.59. The summed E-state index contributed by atoms with van der Waals surface area (Å²) in [6, 6.07) is 11.6. The van der Waals surface area contributed by atoms with Crippen LogP contribution in [0.5, 0.6) is 0 Å². The van der Waals surface area contributed by atoms with Crippen molar-refractivity contribution in [1.82, 2.24) is 15.3 Å². The Balaban J connectivity index is 2.01. The summed E-state index contributed by atoms with van der Waals surface area (Å²) >= 11 is 0. The first-order chi connectivity index (χ1) is 10.7. The van der Waals surface area contributed by atoms with Gasteiger partial charge in [0, 0.05) is 25.9 Å². The van der Waals surface area contributed by atoms with Crippen molar-refractivity contribution in [2.24, 2.45) is 0 Å². The maximum absolute atomic E-state index is 12.0. The number of benzene rings is 1. The van der Waals surface area contributed by atoms with Gasteiger partial charge in [0.25, 0.3) is 5.91 Å². The normalized spacial score (nSPS) is 10.3. The van der Waals surface area contributed by atoms with Gasteiger partial charge in [-0.2, -0.15) is 0 Å². The minimum atomic E-state index is -0.231. The molecule has 2 rings (SSSR count). The predicted octanol–water partition coefficient (Wildman–Crippen LogP) is 1.77. The zero-order valence-electron chi connectivity index (χ0n) is 12.8. The Kier molecular flexibility index (Phi) is 5.85. The molecule has 1 amide bonds. The third-order valence-corrected chi connectivity index (χ3v) is 2.97. The molecule has 1 aromatic heterocycles. The minimum absolute atomic E-state index is 0.231. The molecule has 0 saturated carbocycles. The molecule has 0 atom stereocenters. The minimum Gasteiger partial charge on any atom is -0.383 e. The van der Waals surface area contributed by atoms with Gasteiger partial charge in [0.2, 0.25) is 5.95 Å². The highest BCUT2D eigenvalue weighted by Gasteiger charge is 2.10. The Labute approximate surface area is 129 Å². The fraction of sp³-hybridized carbons (Fsp3) is 0.312. The molecule has 6 nitrogen and oxygen atoms in total. The highest BCUT2D eigenvalue weighted by atomic mass is 16.5.